The smallest absolute Gasteiger partial charge is 0.262 e. The molecule has 174 valence electrons. The van der Waals surface area contributed by atoms with Crippen LogP contribution in [0, 0.1) is 0 Å². The van der Waals surface area contributed by atoms with Gasteiger partial charge in [-0.25, -0.2) is 13.1 Å². The van der Waals surface area contributed by atoms with E-state index in [4.69, 9.17) is 21.1 Å². The number of carbonyl (C=O) groups is 1. The van der Waals surface area contributed by atoms with Crippen molar-refractivity contribution in [2.45, 2.75) is 24.8 Å². The maximum atomic E-state index is 12.7. The van der Waals surface area contributed by atoms with Gasteiger partial charge in [0.25, 0.3) is 5.91 Å². The van der Waals surface area contributed by atoms with Gasteiger partial charge in [0.15, 0.2) is 6.61 Å². The Hall–Kier alpha value is -3.07. The molecule has 3 rings (SSSR count). The molecule has 7 nitrogen and oxygen atoms in total. The van der Waals surface area contributed by atoms with Crippen molar-refractivity contribution in [1.82, 2.24) is 4.72 Å². The monoisotopic (exact) mass is 488 g/mol. The number of amides is 1. The lowest BCUT2D eigenvalue weighted by atomic mass is 10.1. The van der Waals surface area contributed by atoms with Gasteiger partial charge in [-0.2, -0.15) is 0 Å². The summed E-state index contributed by atoms with van der Waals surface area (Å²) in [7, 11) is -3.81. The van der Waals surface area contributed by atoms with Gasteiger partial charge >= 0.3 is 0 Å². The second-order valence-electron chi connectivity index (χ2n) is 7.14. The van der Waals surface area contributed by atoms with Crippen LogP contribution in [0.5, 0.6) is 11.5 Å². The lowest BCUT2D eigenvalue weighted by molar-refractivity contribution is -0.118. The maximum Gasteiger partial charge on any atom is 0.262 e. The molecule has 2 N–H and O–H groups in total. The highest BCUT2D eigenvalue weighted by Gasteiger charge is 2.20. The van der Waals surface area contributed by atoms with Crippen LogP contribution in [0.3, 0.4) is 0 Å². The Balaban J connectivity index is 1.59. The number of halogens is 1. The van der Waals surface area contributed by atoms with Crippen molar-refractivity contribution in [3.8, 4) is 11.5 Å². The second kappa shape index (κ2) is 11.2. The van der Waals surface area contributed by atoms with E-state index in [2.05, 4.69) is 10.0 Å². The number of ether oxygens (including phenoxy) is 2. The first-order chi connectivity index (χ1) is 15.8. The first-order valence-electron chi connectivity index (χ1n) is 10.3. The average molecular weight is 489 g/mol. The number of rotatable bonds is 10. The van der Waals surface area contributed by atoms with Crippen LogP contribution >= 0.6 is 11.6 Å². The summed E-state index contributed by atoms with van der Waals surface area (Å²) in [6.07, 6.45) is 0. The van der Waals surface area contributed by atoms with Gasteiger partial charge in [-0.15, -0.1) is 0 Å². The molecule has 0 aromatic heterocycles. The molecule has 0 saturated carbocycles. The SMILES string of the molecule is CCOc1ccc(NC(=O)COc2ccc(S(=O)(=O)N[C@@H](C)c3ccccc3)cc2Cl)cc1. The molecule has 3 aromatic rings. The first-order valence-corrected chi connectivity index (χ1v) is 12.2. The summed E-state index contributed by atoms with van der Waals surface area (Å²) in [6.45, 7) is 3.92. The molecule has 0 saturated heterocycles. The number of hydrogen-bond donors (Lipinski definition) is 2. The third-order valence-electron chi connectivity index (χ3n) is 4.65. The molecule has 0 aliphatic carbocycles. The zero-order valence-electron chi connectivity index (χ0n) is 18.2. The van der Waals surface area contributed by atoms with E-state index in [1.807, 2.05) is 37.3 Å². The molecule has 9 heteroatoms. The van der Waals surface area contributed by atoms with E-state index in [0.717, 1.165) is 5.56 Å². The Morgan fingerprint density at radius 1 is 1.00 bits per heavy atom. The number of benzene rings is 3. The fourth-order valence-corrected chi connectivity index (χ4v) is 4.58. The van der Waals surface area contributed by atoms with Crippen LogP contribution in [0.2, 0.25) is 5.02 Å². The fourth-order valence-electron chi connectivity index (χ4n) is 3.02. The van der Waals surface area contributed by atoms with Gasteiger partial charge in [0, 0.05) is 11.7 Å². The molecule has 0 aliphatic rings. The van der Waals surface area contributed by atoms with Gasteiger partial charge in [0.05, 0.1) is 16.5 Å². The summed E-state index contributed by atoms with van der Waals surface area (Å²) in [5, 5.41) is 2.79. The van der Waals surface area contributed by atoms with E-state index in [-0.39, 0.29) is 28.2 Å². The molecular weight excluding hydrogens is 464 g/mol. The molecule has 1 atom stereocenters. The zero-order valence-corrected chi connectivity index (χ0v) is 19.8. The van der Waals surface area contributed by atoms with Gasteiger partial charge < -0.3 is 14.8 Å². The van der Waals surface area contributed by atoms with Crippen molar-refractivity contribution >= 4 is 33.2 Å². The van der Waals surface area contributed by atoms with E-state index >= 15 is 0 Å². The molecule has 33 heavy (non-hydrogen) atoms. The molecule has 1 amide bonds. The van der Waals surface area contributed by atoms with Gasteiger partial charge in [0.2, 0.25) is 10.0 Å². The van der Waals surface area contributed by atoms with Crippen molar-refractivity contribution in [2.75, 3.05) is 18.5 Å². The minimum absolute atomic E-state index is 0.00136. The Bertz CT molecular complexity index is 1190. The van der Waals surface area contributed by atoms with Crippen LogP contribution in [-0.2, 0) is 14.8 Å². The van der Waals surface area contributed by atoms with Crippen molar-refractivity contribution in [2.24, 2.45) is 0 Å². The van der Waals surface area contributed by atoms with Crippen LogP contribution in [0.1, 0.15) is 25.5 Å². The third-order valence-corrected chi connectivity index (χ3v) is 6.49. The second-order valence-corrected chi connectivity index (χ2v) is 9.26. The van der Waals surface area contributed by atoms with Crippen molar-refractivity contribution in [3.63, 3.8) is 0 Å². The lowest BCUT2D eigenvalue weighted by Crippen LogP contribution is -2.27. The van der Waals surface area contributed by atoms with E-state index in [1.54, 1.807) is 31.2 Å². The summed E-state index contributed by atoms with van der Waals surface area (Å²) in [5.74, 6) is 0.528. The Morgan fingerprint density at radius 3 is 2.33 bits per heavy atom. The van der Waals surface area contributed by atoms with E-state index in [1.165, 1.54) is 18.2 Å². The van der Waals surface area contributed by atoms with Gasteiger partial charge in [-0.3, -0.25) is 4.79 Å². The topological polar surface area (TPSA) is 93.7 Å². The van der Waals surface area contributed by atoms with Gasteiger partial charge in [-0.1, -0.05) is 41.9 Å². The molecule has 0 spiro atoms. The summed E-state index contributed by atoms with van der Waals surface area (Å²) in [5.41, 5.74) is 1.43. The van der Waals surface area contributed by atoms with Crippen LogP contribution in [0.25, 0.3) is 0 Å². The fraction of sp³-hybridized carbons (Fsp3) is 0.208. The van der Waals surface area contributed by atoms with Gasteiger partial charge in [0.1, 0.15) is 11.5 Å². The van der Waals surface area contributed by atoms with E-state index in [9.17, 15) is 13.2 Å². The Morgan fingerprint density at radius 2 is 1.70 bits per heavy atom. The van der Waals surface area contributed by atoms with Crippen LogP contribution in [0.15, 0.2) is 77.7 Å². The molecule has 0 fully saturated rings. The number of carbonyl (C=O) groups excluding carboxylic acids is 1. The molecule has 0 unspecified atom stereocenters. The van der Waals surface area contributed by atoms with E-state index < -0.39 is 16.1 Å². The summed E-state index contributed by atoms with van der Waals surface area (Å²) >= 11 is 6.22. The summed E-state index contributed by atoms with van der Waals surface area (Å²) in [6, 6.07) is 19.9. The number of sulfonamides is 1. The predicted molar refractivity (Wildman–Crippen MR) is 128 cm³/mol. The zero-order chi connectivity index (χ0) is 23.8. The standard InChI is InChI=1S/C24H25ClN2O5S/c1-3-31-20-11-9-19(10-12-20)26-24(28)16-32-23-14-13-21(15-22(23)25)33(29,30)27-17(2)18-7-5-4-6-8-18/h4-15,17,27H,3,16H2,1-2H3,(H,26,28)/t17-/m0/s1. The Labute approximate surface area is 198 Å². The quantitative estimate of drug-likeness (QED) is 0.427. The normalized spacial score (nSPS) is 12.1. The Kier molecular flexibility index (Phi) is 8.32. The lowest BCUT2D eigenvalue weighted by Gasteiger charge is -2.15. The van der Waals surface area contributed by atoms with Crippen molar-refractivity contribution in [1.29, 1.82) is 0 Å². The summed E-state index contributed by atoms with van der Waals surface area (Å²) < 4.78 is 38.9. The minimum Gasteiger partial charge on any atom is -0.494 e. The number of hydrogen-bond acceptors (Lipinski definition) is 5. The summed E-state index contributed by atoms with van der Waals surface area (Å²) in [4.78, 5) is 12.2. The van der Waals surface area contributed by atoms with Crippen molar-refractivity contribution in [3.05, 3.63) is 83.4 Å². The first kappa shape index (κ1) is 24.6. The molecule has 0 aliphatic heterocycles. The highest BCUT2D eigenvalue weighted by atomic mass is 35.5. The molecule has 0 radical (unpaired) electrons. The predicted octanol–water partition coefficient (Wildman–Crippen LogP) is 4.80. The van der Waals surface area contributed by atoms with E-state index in [0.29, 0.717) is 18.0 Å². The number of anilines is 1. The highest BCUT2D eigenvalue weighted by Crippen LogP contribution is 2.28. The van der Waals surface area contributed by atoms with Gasteiger partial charge in [-0.05, 0) is 61.9 Å². The van der Waals surface area contributed by atoms with Crippen molar-refractivity contribution < 1.29 is 22.7 Å². The van der Waals surface area contributed by atoms with Crippen LogP contribution in [-0.4, -0.2) is 27.5 Å². The van der Waals surface area contributed by atoms with Crippen LogP contribution in [0.4, 0.5) is 5.69 Å². The molecule has 0 bridgehead atoms. The average Bonchev–Trinajstić information content (AvgIpc) is 2.80. The number of nitrogens with one attached hydrogen (secondary N) is 2. The molecule has 3 aromatic carbocycles. The highest BCUT2D eigenvalue weighted by molar-refractivity contribution is 7.89. The molecular formula is C24H25ClN2O5S. The maximum absolute atomic E-state index is 12.7. The minimum atomic E-state index is -3.81. The third kappa shape index (κ3) is 6.95. The van der Waals surface area contributed by atoms with Crippen LogP contribution < -0.4 is 19.5 Å². The largest absolute Gasteiger partial charge is 0.494 e. The molecule has 0 heterocycles.